The molecule has 4 aromatic rings. The van der Waals surface area contributed by atoms with Gasteiger partial charge in [0, 0.05) is 43.8 Å². The smallest absolute Gasteiger partial charge is 0.193 e. The summed E-state index contributed by atoms with van der Waals surface area (Å²) in [5.41, 5.74) is 7.35. The summed E-state index contributed by atoms with van der Waals surface area (Å²) in [6, 6.07) is 33.3. The zero-order chi connectivity index (χ0) is 26.9. The Kier molecular flexibility index (Phi) is 21.0. The van der Waals surface area contributed by atoms with E-state index < -0.39 is 0 Å². The maximum absolute atomic E-state index is 12.2. The van der Waals surface area contributed by atoms with E-state index in [1.54, 1.807) is 37.3 Å². The van der Waals surface area contributed by atoms with Crippen LogP contribution in [0.2, 0.25) is 0 Å². The Balaban J connectivity index is 0. The summed E-state index contributed by atoms with van der Waals surface area (Å²) in [4.78, 5) is 22.9. The van der Waals surface area contributed by atoms with Crippen molar-refractivity contribution >= 4 is 12.1 Å². The predicted octanol–water partition coefficient (Wildman–Crippen LogP) is 9.79. The fourth-order valence-electron chi connectivity index (χ4n) is 3.53. The zero-order valence-corrected chi connectivity index (χ0v) is 26.1. The van der Waals surface area contributed by atoms with Crippen LogP contribution in [0.3, 0.4) is 0 Å². The van der Waals surface area contributed by atoms with E-state index in [9.17, 15) is 9.59 Å². The molecule has 199 valence electrons. The van der Waals surface area contributed by atoms with Gasteiger partial charge in [-0.2, -0.15) is 0 Å². The van der Waals surface area contributed by atoms with Gasteiger partial charge < -0.3 is 4.79 Å². The molecular formula is C35H43O2Y-. The van der Waals surface area contributed by atoms with Gasteiger partial charge in [-0.25, -0.2) is 0 Å². The van der Waals surface area contributed by atoms with Gasteiger partial charge in [0.15, 0.2) is 5.78 Å². The van der Waals surface area contributed by atoms with Crippen molar-refractivity contribution < 1.29 is 42.3 Å². The number of carbonyl (C=O) groups is 1. The second kappa shape index (κ2) is 21.3. The van der Waals surface area contributed by atoms with Gasteiger partial charge in [0.2, 0.25) is 0 Å². The number of aryl methyl sites for hydroxylation is 2. The first-order valence-corrected chi connectivity index (χ1v) is 12.7. The van der Waals surface area contributed by atoms with Crippen LogP contribution in [-0.2, 0) is 37.5 Å². The van der Waals surface area contributed by atoms with Crippen molar-refractivity contribution in [1.29, 1.82) is 0 Å². The quantitative estimate of drug-likeness (QED) is 0.173. The van der Waals surface area contributed by atoms with Crippen LogP contribution in [0.5, 0.6) is 0 Å². The topological polar surface area (TPSA) is 34.1 Å². The monoisotopic (exact) mass is 584 g/mol. The zero-order valence-electron chi connectivity index (χ0n) is 23.3. The summed E-state index contributed by atoms with van der Waals surface area (Å²) < 4.78 is 0. The van der Waals surface area contributed by atoms with E-state index in [0.717, 1.165) is 5.56 Å². The minimum absolute atomic E-state index is 0. The molecule has 1 unspecified atom stereocenters. The number of hydrogen-bond donors (Lipinski definition) is 0. The Morgan fingerprint density at radius 2 is 1.21 bits per heavy atom. The van der Waals surface area contributed by atoms with Crippen LogP contribution in [0.4, 0.5) is 0 Å². The largest absolute Gasteiger partial charge is 0.541 e. The summed E-state index contributed by atoms with van der Waals surface area (Å²) in [7, 11) is 0. The van der Waals surface area contributed by atoms with Crippen molar-refractivity contribution in [3.63, 3.8) is 0 Å². The van der Waals surface area contributed by atoms with E-state index in [1.807, 2.05) is 64.3 Å². The molecule has 1 atom stereocenters. The molecule has 3 heteroatoms. The number of rotatable bonds is 5. The van der Waals surface area contributed by atoms with Crippen molar-refractivity contribution in [2.45, 2.75) is 61.8 Å². The van der Waals surface area contributed by atoms with Gasteiger partial charge in [-0.15, -0.1) is 5.92 Å². The molecule has 0 spiro atoms. The van der Waals surface area contributed by atoms with E-state index in [0.29, 0.717) is 11.1 Å². The first-order valence-electron chi connectivity index (χ1n) is 12.7. The number of ketones is 1. The van der Waals surface area contributed by atoms with Crippen LogP contribution in [0.15, 0.2) is 103 Å². The molecule has 0 aromatic heterocycles. The van der Waals surface area contributed by atoms with Crippen molar-refractivity contribution in [3.8, 4) is 11.1 Å². The molecule has 4 rings (SSSR count). The van der Waals surface area contributed by atoms with Crippen molar-refractivity contribution in [2.75, 3.05) is 0 Å². The Labute approximate surface area is 256 Å². The van der Waals surface area contributed by atoms with Crippen molar-refractivity contribution in [3.05, 3.63) is 131 Å². The Morgan fingerprint density at radius 3 is 1.74 bits per heavy atom. The molecule has 38 heavy (non-hydrogen) atoms. The molecular weight excluding hydrogens is 541 g/mol. The molecule has 0 heterocycles. The molecule has 2 nitrogen and oxygen atoms in total. The van der Waals surface area contributed by atoms with Crippen LogP contribution >= 0.6 is 0 Å². The molecule has 1 radical (unpaired) electrons. The van der Waals surface area contributed by atoms with Gasteiger partial charge in [0.1, 0.15) is 0 Å². The van der Waals surface area contributed by atoms with E-state index in [1.165, 1.54) is 22.3 Å². The van der Waals surface area contributed by atoms with Crippen LogP contribution in [0.1, 0.15) is 80.6 Å². The van der Waals surface area contributed by atoms with Gasteiger partial charge in [-0.05, 0) is 36.6 Å². The van der Waals surface area contributed by atoms with Crippen molar-refractivity contribution in [2.24, 2.45) is 0 Å². The SMILES string of the molecule is C.CC.CC.CC([C-]=O)c1cccc(C(=O)c2ccccc2)c1.Cc1ccc(-c2ccccc2)c(C)c1.[Y]. The van der Waals surface area contributed by atoms with Crippen LogP contribution in [0.25, 0.3) is 11.1 Å². The summed E-state index contributed by atoms with van der Waals surface area (Å²) in [5.74, 6) is -0.343. The molecule has 0 saturated heterocycles. The standard InChI is InChI=1S/C16H13O2.C14H14.2C2H6.CH4.Y/c1-12(11-17)14-8-5-9-15(10-14)16(18)13-6-3-2-4-7-13;1-11-8-9-14(12(2)10-11)13-6-4-3-5-7-13;2*1-2;;/h2-10,12H,1H3;3-10H,1-2H3;2*1-2H3;1H4;/q-1;;;;;. The van der Waals surface area contributed by atoms with E-state index in [-0.39, 0.29) is 51.8 Å². The van der Waals surface area contributed by atoms with E-state index in [2.05, 4.69) is 56.3 Å². The predicted molar refractivity (Wildman–Crippen MR) is 161 cm³/mol. The minimum atomic E-state index is -0.312. The summed E-state index contributed by atoms with van der Waals surface area (Å²) >= 11 is 0. The molecule has 0 bridgehead atoms. The second-order valence-corrected chi connectivity index (χ2v) is 7.84. The fourth-order valence-corrected chi connectivity index (χ4v) is 3.53. The minimum Gasteiger partial charge on any atom is -0.541 e. The summed E-state index contributed by atoms with van der Waals surface area (Å²) in [6.45, 7) is 14.1. The average Bonchev–Trinajstić information content (AvgIpc) is 2.95. The molecule has 0 amide bonds. The van der Waals surface area contributed by atoms with Gasteiger partial charge in [-0.1, -0.05) is 150 Å². The first kappa shape index (κ1) is 37.5. The maximum atomic E-state index is 12.2. The van der Waals surface area contributed by atoms with Crippen LogP contribution in [0, 0.1) is 13.8 Å². The van der Waals surface area contributed by atoms with Crippen molar-refractivity contribution in [1.82, 2.24) is 0 Å². The van der Waals surface area contributed by atoms with Gasteiger partial charge >= 0.3 is 0 Å². The first-order chi connectivity index (χ1) is 17.5. The molecule has 0 saturated carbocycles. The molecule has 0 aliphatic heterocycles. The third-order valence-electron chi connectivity index (χ3n) is 5.33. The van der Waals surface area contributed by atoms with Gasteiger partial charge in [0.25, 0.3) is 0 Å². The van der Waals surface area contributed by atoms with E-state index in [4.69, 9.17) is 0 Å². The molecule has 0 aliphatic rings. The molecule has 0 N–H and O–H groups in total. The number of benzene rings is 4. The molecule has 0 fully saturated rings. The third-order valence-corrected chi connectivity index (χ3v) is 5.33. The third kappa shape index (κ3) is 11.8. The molecule has 0 aliphatic carbocycles. The summed E-state index contributed by atoms with van der Waals surface area (Å²) in [5, 5.41) is 0. The van der Waals surface area contributed by atoms with Crippen LogP contribution < -0.4 is 0 Å². The summed E-state index contributed by atoms with van der Waals surface area (Å²) in [6.07, 6.45) is 1.93. The Bertz CT molecular complexity index is 1180. The Hall–Kier alpha value is -2.68. The van der Waals surface area contributed by atoms with Gasteiger partial charge in [-0.3, -0.25) is 11.1 Å². The number of hydrogen-bond acceptors (Lipinski definition) is 2. The maximum Gasteiger partial charge on any atom is 0.193 e. The average molecular weight is 585 g/mol. The second-order valence-electron chi connectivity index (χ2n) is 7.84. The van der Waals surface area contributed by atoms with Crippen LogP contribution in [-0.4, -0.2) is 12.1 Å². The number of carbonyl (C=O) groups excluding carboxylic acids is 2. The normalized spacial score (nSPS) is 9.66. The molecule has 4 aromatic carbocycles. The van der Waals surface area contributed by atoms with Gasteiger partial charge in [0.05, 0.1) is 0 Å². The Morgan fingerprint density at radius 1 is 0.684 bits per heavy atom. The fraction of sp³-hybridized carbons (Fsp3) is 0.257. The van der Waals surface area contributed by atoms with E-state index >= 15 is 0 Å².